The largest absolute Gasteiger partial charge is 0.436 e. The average Bonchev–Trinajstić information content (AvgIpc) is 2.41. The summed E-state index contributed by atoms with van der Waals surface area (Å²) in [5, 5.41) is 11.4. The summed E-state index contributed by atoms with van der Waals surface area (Å²) >= 11 is 0. The Kier molecular flexibility index (Phi) is 3.38. The average molecular weight is 247 g/mol. The predicted octanol–water partition coefficient (Wildman–Crippen LogP) is 2.11. The topological polar surface area (TPSA) is 80.7 Å². The highest BCUT2D eigenvalue weighted by Crippen LogP contribution is 2.22. The number of amidine groups is 1. The van der Waals surface area contributed by atoms with Crippen LogP contribution in [0.1, 0.15) is 5.69 Å². The van der Waals surface area contributed by atoms with Crippen molar-refractivity contribution in [3.05, 3.63) is 54.0 Å². The lowest BCUT2D eigenvalue weighted by molar-refractivity contribution is 0.318. The Morgan fingerprint density at radius 2 is 2.00 bits per heavy atom. The third kappa shape index (κ3) is 2.54. The lowest BCUT2D eigenvalue weighted by Crippen LogP contribution is -2.14. The van der Waals surface area contributed by atoms with Gasteiger partial charge in [-0.25, -0.2) is 9.37 Å². The Morgan fingerprint density at radius 3 is 2.72 bits per heavy atom. The molecular formula is C12H10FN3O2. The number of aromatic nitrogens is 1. The number of nitrogens with zero attached hydrogens (tertiary/aromatic N) is 2. The molecule has 0 unspecified atom stereocenters. The quantitative estimate of drug-likeness (QED) is 0.376. The van der Waals surface area contributed by atoms with Crippen LogP contribution in [-0.2, 0) is 0 Å². The van der Waals surface area contributed by atoms with E-state index in [1.807, 2.05) is 0 Å². The summed E-state index contributed by atoms with van der Waals surface area (Å²) in [5.74, 6) is -0.423. The highest BCUT2D eigenvalue weighted by molar-refractivity contribution is 5.95. The van der Waals surface area contributed by atoms with Crippen LogP contribution in [0, 0.1) is 5.82 Å². The number of halogens is 1. The van der Waals surface area contributed by atoms with Crippen LogP contribution in [0.25, 0.3) is 0 Å². The van der Waals surface area contributed by atoms with Crippen molar-refractivity contribution in [2.75, 3.05) is 0 Å². The van der Waals surface area contributed by atoms with Gasteiger partial charge in [0.15, 0.2) is 17.4 Å². The lowest BCUT2D eigenvalue weighted by Gasteiger charge is -2.06. The van der Waals surface area contributed by atoms with Crippen molar-refractivity contribution in [3.63, 3.8) is 0 Å². The van der Waals surface area contributed by atoms with Crippen LogP contribution in [0.3, 0.4) is 0 Å². The van der Waals surface area contributed by atoms with Crippen molar-refractivity contribution in [2.24, 2.45) is 10.9 Å². The molecule has 0 atom stereocenters. The molecule has 0 saturated heterocycles. The molecule has 2 rings (SSSR count). The Balaban J connectivity index is 2.28. The molecule has 0 aliphatic heterocycles. The van der Waals surface area contributed by atoms with Crippen LogP contribution in [0.5, 0.6) is 11.6 Å². The molecule has 0 spiro atoms. The van der Waals surface area contributed by atoms with E-state index >= 15 is 0 Å². The SMILES string of the molecule is NC(=NO)c1cccc(Oc2ccccc2F)n1. The molecule has 92 valence electrons. The Labute approximate surface area is 102 Å². The van der Waals surface area contributed by atoms with E-state index in [9.17, 15) is 4.39 Å². The van der Waals surface area contributed by atoms with E-state index in [-0.39, 0.29) is 23.2 Å². The number of rotatable bonds is 3. The van der Waals surface area contributed by atoms with Crippen LogP contribution < -0.4 is 10.5 Å². The fourth-order valence-electron chi connectivity index (χ4n) is 1.31. The van der Waals surface area contributed by atoms with E-state index in [1.54, 1.807) is 30.3 Å². The minimum Gasteiger partial charge on any atom is -0.436 e. The van der Waals surface area contributed by atoms with Crippen molar-refractivity contribution in [1.82, 2.24) is 4.98 Å². The molecule has 0 aliphatic carbocycles. The molecule has 0 amide bonds. The van der Waals surface area contributed by atoms with Crippen molar-refractivity contribution < 1.29 is 14.3 Å². The van der Waals surface area contributed by atoms with Crippen LogP contribution in [0.2, 0.25) is 0 Å². The van der Waals surface area contributed by atoms with Crippen LogP contribution in [-0.4, -0.2) is 16.0 Å². The zero-order valence-electron chi connectivity index (χ0n) is 9.25. The molecule has 0 bridgehead atoms. The molecule has 2 aromatic rings. The summed E-state index contributed by atoms with van der Waals surface area (Å²) < 4.78 is 18.6. The third-order valence-electron chi connectivity index (χ3n) is 2.14. The molecule has 1 aromatic heterocycles. The normalized spacial score (nSPS) is 11.3. The summed E-state index contributed by atoms with van der Waals surface area (Å²) in [5.41, 5.74) is 5.64. The Hall–Kier alpha value is -2.63. The molecule has 3 N–H and O–H groups in total. The highest BCUT2D eigenvalue weighted by atomic mass is 19.1. The second-order valence-corrected chi connectivity index (χ2v) is 3.38. The van der Waals surface area contributed by atoms with Gasteiger partial charge in [0.25, 0.3) is 0 Å². The smallest absolute Gasteiger partial charge is 0.220 e. The van der Waals surface area contributed by atoms with Crippen LogP contribution >= 0.6 is 0 Å². The maximum Gasteiger partial charge on any atom is 0.220 e. The number of ether oxygens (including phenoxy) is 1. The number of benzene rings is 1. The maximum atomic E-state index is 13.4. The molecule has 5 nitrogen and oxygen atoms in total. The molecule has 0 saturated carbocycles. The van der Waals surface area contributed by atoms with Crippen LogP contribution in [0.4, 0.5) is 4.39 Å². The first-order chi connectivity index (χ1) is 8.70. The Morgan fingerprint density at radius 1 is 1.22 bits per heavy atom. The van der Waals surface area contributed by atoms with E-state index in [1.165, 1.54) is 12.1 Å². The summed E-state index contributed by atoms with van der Waals surface area (Å²) in [6.45, 7) is 0. The number of hydrogen-bond acceptors (Lipinski definition) is 4. The number of nitrogens with two attached hydrogens (primary N) is 1. The first-order valence-electron chi connectivity index (χ1n) is 5.08. The van der Waals surface area contributed by atoms with Gasteiger partial charge in [-0.15, -0.1) is 0 Å². The fraction of sp³-hybridized carbons (Fsp3) is 0. The van der Waals surface area contributed by atoms with E-state index in [2.05, 4.69) is 10.1 Å². The first kappa shape index (κ1) is 11.8. The number of pyridine rings is 1. The van der Waals surface area contributed by atoms with Gasteiger partial charge < -0.3 is 15.7 Å². The van der Waals surface area contributed by atoms with Gasteiger partial charge in [0.1, 0.15) is 5.69 Å². The lowest BCUT2D eigenvalue weighted by atomic mass is 10.3. The summed E-state index contributed by atoms with van der Waals surface area (Å²) in [4.78, 5) is 3.98. The van der Waals surface area contributed by atoms with Gasteiger partial charge in [-0.3, -0.25) is 0 Å². The zero-order chi connectivity index (χ0) is 13.0. The molecule has 6 heteroatoms. The summed E-state index contributed by atoms with van der Waals surface area (Å²) in [7, 11) is 0. The highest BCUT2D eigenvalue weighted by Gasteiger charge is 2.06. The van der Waals surface area contributed by atoms with E-state index in [0.717, 1.165) is 0 Å². The molecule has 1 aromatic carbocycles. The van der Waals surface area contributed by atoms with E-state index in [0.29, 0.717) is 0 Å². The predicted molar refractivity (Wildman–Crippen MR) is 63.2 cm³/mol. The van der Waals surface area contributed by atoms with Gasteiger partial charge in [-0.05, 0) is 18.2 Å². The van der Waals surface area contributed by atoms with Gasteiger partial charge in [0, 0.05) is 6.07 Å². The number of hydrogen-bond donors (Lipinski definition) is 2. The Bertz CT molecular complexity index is 587. The van der Waals surface area contributed by atoms with Crippen molar-refractivity contribution >= 4 is 5.84 Å². The fourth-order valence-corrected chi connectivity index (χ4v) is 1.31. The number of para-hydroxylation sites is 1. The van der Waals surface area contributed by atoms with Gasteiger partial charge in [-0.1, -0.05) is 23.4 Å². The van der Waals surface area contributed by atoms with Gasteiger partial charge in [-0.2, -0.15) is 0 Å². The maximum absolute atomic E-state index is 13.4. The summed E-state index contributed by atoms with van der Waals surface area (Å²) in [6.07, 6.45) is 0. The van der Waals surface area contributed by atoms with Gasteiger partial charge in [0.05, 0.1) is 0 Å². The first-order valence-corrected chi connectivity index (χ1v) is 5.08. The van der Waals surface area contributed by atoms with Crippen molar-refractivity contribution in [2.45, 2.75) is 0 Å². The van der Waals surface area contributed by atoms with Crippen LogP contribution in [0.15, 0.2) is 47.6 Å². The van der Waals surface area contributed by atoms with Gasteiger partial charge >= 0.3 is 0 Å². The minimum atomic E-state index is -0.492. The molecule has 1 heterocycles. The second kappa shape index (κ2) is 5.13. The third-order valence-corrected chi connectivity index (χ3v) is 2.14. The van der Waals surface area contributed by atoms with E-state index < -0.39 is 5.82 Å². The zero-order valence-corrected chi connectivity index (χ0v) is 9.25. The standard InChI is InChI=1S/C12H10FN3O2/c13-8-4-1-2-6-10(8)18-11-7-3-5-9(15-11)12(14)16-17/h1-7,17H,(H2,14,16). The van der Waals surface area contributed by atoms with Crippen molar-refractivity contribution in [1.29, 1.82) is 0 Å². The molecule has 0 aliphatic rings. The van der Waals surface area contributed by atoms with E-state index in [4.69, 9.17) is 15.7 Å². The summed E-state index contributed by atoms with van der Waals surface area (Å²) in [6, 6.07) is 10.7. The molecular weight excluding hydrogens is 237 g/mol. The molecule has 0 fully saturated rings. The van der Waals surface area contributed by atoms with Gasteiger partial charge in [0.2, 0.25) is 5.88 Å². The monoisotopic (exact) mass is 247 g/mol. The molecule has 18 heavy (non-hydrogen) atoms. The molecule has 0 radical (unpaired) electrons. The van der Waals surface area contributed by atoms with Crippen molar-refractivity contribution in [3.8, 4) is 11.6 Å². The second-order valence-electron chi connectivity index (χ2n) is 3.38. The minimum absolute atomic E-state index is 0.0571. The number of oxime groups is 1.